The zero-order valence-electron chi connectivity index (χ0n) is 16.4. The molecule has 146 valence electrons. The molecule has 1 aliphatic rings. The van der Waals surface area contributed by atoms with Crippen molar-refractivity contribution >= 4 is 16.9 Å². The number of methoxy groups -OCH3 is 1. The molecule has 4 rings (SSSR count). The number of amides is 1. The van der Waals surface area contributed by atoms with E-state index in [1.807, 2.05) is 47.4 Å². The van der Waals surface area contributed by atoms with Crippen LogP contribution in [-0.4, -0.2) is 40.6 Å². The van der Waals surface area contributed by atoms with Crippen LogP contribution >= 0.6 is 0 Å². The summed E-state index contributed by atoms with van der Waals surface area (Å²) in [5.74, 6) is 1.97. The van der Waals surface area contributed by atoms with Gasteiger partial charge in [0.05, 0.1) is 18.1 Å². The topological polar surface area (TPSA) is 47.4 Å². The van der Waals surface area contributed by atoms with Gasteiger partial charge in [0.15, 0.2) is 0 Å². The predicted octanol–water partition coefficient (Wildman–Crippen LogP) is 4.50. The average molecular weight is 377 g/mol. The van der Waals surface area contributed by atoms with Gasteiger partial charge in [-0.3, -0.25) is 4.79 Å². The predicted molar refractivity (Wildman–Crippen MR) is 111 cm³/mol. The first-order chi connectivity index (χ1) is 13.8. The second kappa shape index (κ2) is 8.46. The van der Waals surface area contributed by atoms with E-state index in [0.29, 0.717) is 13.0 Å². The number of nitrogens with zero attached hydrogens (tertiary/aromatic N) is 3. The number of carbonyl (C=O) groups excluding carboxylic acids is 1. The molecular formula is C23H27N3O2. The SMILES string of the molecule is COc1ccc(-c2nc3ccccc3n2CCC(=O)N2CCCCCC2)cc1. The summed E-state index contributed by atoms with van der Waals surface area (Å²) >= 11 is 0. The molecule has 1 aliphatic heterocycles. The van der Waals surface area contributed by atoms with Crippen LogP contribution in [0.4, 0.5) is 0 Å². The summed E-state index contributed by atoms with van der Waals surface area (Å²) in [6.07, 6.45) is 5.21. The van der Waals surface area contributed by atoms with Crippen molar-refractivity contribution < 1.29 is 9.53 Å². The van der Waals surface area contributed by atoms with Crippen LogP contribution < -0.4 is 4.74 Å². The van der Waals surface area contributed by atoms with Gasteiger partial charge in [-0.25, -0.2) is 4.98 Å². The Morgan fingerprint density at radius 3 is 2.43 bits per heavy atom. The first-order valence-corrected chi connectivity index (χ1v) is 10.1. The van der Waals surface area contributed by atoms with Gasteiger partial charge in [0.25, 0.3) is 0 Å². The molecule has 1 saturated heterocycles. The fraction of sp³-hybridized carbons (Fsp3) is 0.391. The molecule has 5 heteroatoms. The van der Waals surface area contributed by atoms with Crippen molar-refractivity contribution in [2.24, 2.45) is 0 Å². The number of imidazole rings is 1. The molecule has 5 nitrogen and oxygen atoms in total. The van der Waals surface area contributed by atoms with Gasteiger partial charge in [-0.2, -0.15) is 0 Å². The lowest BCUT2D eigenvalue weighted by Crippen LogP contribution is -2.32. The number of rotatable bonds is 5. The van der Waals surface area contributed by atoms with E-state index in [0.717, 1.165) is 54.1 Å². The van der Waals surface area contributed by atoms with Gasteiger partial charge in [0, 0.05) is 31.6 Å². The summed E-state index contributed by atoms with van der Waals surface area (Å²) in [7, 11) is 1.67. The first-order valence-electron chi connectivity index (χ1n) is 10.1. The number of aromatic nitrogens is 2. The lowest BCUT2D eigenvalue weighted by atomic mass is 10.2. The third-order valence-corrected chi connectivity index (χ3v) is 5.51. The quantitative estimate of drug-likeness (QED) is 0.657. The molecule has 0 aliphatic carbocycles. The minimum absolute atomic E-state index is 0.250. The van der Waals surface area contributed by atoms with Crippen LogP contribution in [0.15, 0.2) is 48.5 Å². The molecule has 0 spiro atoms. The smallest absolute Gasteiger partial charge is 0.224 e. The van der Waals surface area contributed by atoms with Crippen LogP contribution in [0, 0.1) is 0 Å². The van der Waals surface area contributed by atoms with Crippen LogP contribution in [0.3, 0.4) is 0 Å². The Morgan fingerprint density at radius 1 is 1.00 bits per heavy atom. The van der Waals surface area contributed by atoms with E-state index in [9.17, 15) is 4.79 Å². The van der Waals surface area contributed by atoms with E-state index in [-0.39, 0.29) is 5.91 Å². The summed E-state index contributed by atoms with van der Waals surface area (Å²) in [4.78, 5) is 19.7. The van der Waals surface area contributed by atoms with E-state index >= 15 is 0 Å². The number of hydrogen-bond donors (Lipinski definition) is 0. The molecule has 0 saturated carbocycles. The Kier molecular flexibility index (Phi) is 5.60. The van der Waals surface area contributed by atoms with Crippen molar-refractivity contribution in [3.63, 3.8) is 0 Å². The van der Waals surface area contributed by atoms with Gasteiger partial charge < -0.3 is 14.2 Å². The molecule has 0 N–H and O–H groups in total. The molecule has 1 fully saturated rings. The molecule has 3 aromatic rings. The maximum absolute atomic E-state index is 12.8. The standard InChI is InChI=1S/C23H27N3O2/c1-28-19-12-10-18(11-13-19)23-24-20-8-4-5-9-21(20)26(23)17-14-22(27)25-15-6-2-3-7-16-25/h4-5,8-13H,2-3,6-7,14-17H2,1H3. The molecule has 1 amide bonds. The van der Waals surface area contributed by atoms with Crippen molar-refractivity contribution in [1.29, 1.82) is 0 Å². The van der Waals surface area contributed by atoms with Gasteiger partial charge in [0.2, 0.25) is 5.91 Å². The average Bonchev–Trinajstić information content (AvgIpc) is 2.90. The minimum atomic E-state index is 0.250. The summed E-state index contributed by atoms with van der Waals surface area (Å²) < 4.78 is 7.45. The van der Waals surface area contributed by atoms with Crippen LogP contribution in [0.5, 0.6) is 5.75 Å². The van der Waals surface area contributed by atoms with Crippen LogP contribution in [-0.2, 0) is 11.3 Å². The second-order valence-corrected chi connectivity index (χ2v) is 7.35. The normalized spacial score (nSPS) is 14.8. The highest BCUT2D eigenvalue weighted by Gasteiger charge is 2.18. The second-order valence-electron chi connectivity index (χ2n) is 7.35. The fourth-order valence-corrected chi connectivity index (χ4v) is 3.95. The van der Waals surface area contributed by atoms with Crippen LogP contribution in [0.25, 0.3) is 22.4 Å². The molecule has 0 unspecified atom stereocenters. The third kappa shape index (κ3) is 3.88. The fourth-order valence-electron chi connectivity index (χ4n) is 3.95. The number of benzene rings is 2. The highest BCUT2D eigenvalue weighted by atomic mass is 16.5. The molecule has 1 aromatic heterocycles. The van der Waals surface area contributed by atoms with Gasteiger partial charge in [-0.1, -0.05) is 25.0 Å². The van der Waals surface area contributed by atoms with Crippen molar-refractivity contribution in [3.05, 3.63) is 48.5 Å². The zero-order valence-corrected chi connectivity index (χ0v) is 16.4. The van der Waals surface area contributed by atoms with Gasteiger partial charge in [-0.05, 0) is 49.2 Å². The summed E-state index contributed by atoms with van der Waals surface area (Å²) in [6.45, 7) is 2.43. The number of ether oxygens (including phenoxy) is 1. The minimum Gasteiger partial charge on any atom is -0.497 e. The Labute approximate surface area is 165 Å². The Hall–Kier alpha value is -2.82. The van der Waals surface area contributed by atoms with E-state index in [2.05, 4.69) is 10.6 Å². The molecule has 0 bridgehead atoms. The monoisotopic (exact) mass is 377 g/mol. The van der Waals surface area contributed by atoms with Gasteiger partial charge >= 0.3 is 0 Å². The summed E-state index contributed by atoms with van der Waals surface area (Å²) in [5.41, 5.74) is 3.05. The number of fused-ring (bicyclic) bond motifs is 1. The lowest BCUT2D eigenvalue weighted by molar-refractivity contribution is -0.131. The highest BCUT2D eigenvalue weighted by Crippen LogP contribution is 2.27. The van der Waals surface area contributed by atoms with Crippen LogP contribution in [0.2, 0.25) is 0 Å². The number of aryl methyl sites for hydroxylation is 1. The van der Waals surface area contributed by atoms with Crippen molar-refractivity contribution in [2.45, 2.75) is 38.6 Å². The number of likely N-dealkylation sites (tertiary alicyclic amines) is 1. The third-order valence-electron chi connectivity index (χ3n) is 5.51. The lowest BCUT2D eigenvalue weighted by Gasteiger charge is -2.20. The molecule has 0 atom stereocenters. The molecule has 2 heterocycles. The van der Waals surface area contributed by atoms with E-state index < -0.39 is 0 Å². The molecule has 28 heavy (non-hydrogen) atoms. The Morgan fingerprint density at radius 2 is 1.71 bits per heavy atom. The van der Waals surface area contributed by atoms with Gasteiger partial charge in [-0.15, -0.1) is 0 Å². The first kappa shape index (κ1) is 18.5. The van der Waals surface area contributed by atoms with Crippen molar-refractivity contribution in [1.82, 2.24) is 14.5 Å². The zero-order chi connectivity index (χ0) is 19.3. The Bertz CT molecular complexity index is 938. The maximum Gasteiger partial charge on any atom is 0.224 e. The van der Waals surface area contributed by atoms with E-state index in [1.165, 1.54) is 12.8 Å². The largest absolute Gasteiger partial charge is 0.497 e. The summed E-state index contributed by atoms with van der Waals surface area (Å²) in [5, 5.41) is 0. The van der Waals surface area contributed by atoms with Gasteiger partial charge in [0.1, 0.15) is 11.6 Å². The highest BCUT2D eigenvalue weighted by molar-refractivity contribution is 5.81. The number of carbonyl (C=O) groups is 1. The number of para-hydroxylation sites is 2. The Balaban J connectivity index is 1.60. The summed E-state index contributed by atoms with van der Waals surface area (Å²) in [6, 6.07) is 16.1. The van der Waals surface area contributed by atoms with Crippen LogP contribution in [0.1, 0.15) is 32.1 Å². The molecular weight excluding hydrogens is 350 g/mol. The maximum atomic E-state index is 12.8. The molecule has 0 radical (unpaired) electrons. The van der Waals surface area contributed by atoms with E-state index in [4.69, 9.17) is 9.72 Å². The van der Waals surface area contributed by atoms with Crippen molar-refractivity contribution in [3.8, 4) is 17.1 Å². The number of hydrogen-bond acceptors (Lipinski definition) is 3. The van der Waals surface area contributed by atoms with Crippen molar-refractivity contribution in [2.75, 3.05) is 20.2 Å². The van der Waals surface area contributed by atoms with E-state index in [1.54, 1.807) is 7.11 Å². The molecule has 2 aromatic carbocycles.